The predicted molar refractivity (Wildman–Crippen MR) is 122 cm³/mol. The topological polar surface area (TPSA) is 40.6 Å². The smallest absolute Gasteiger partial charge is 0.253 e. The summed E-state index contributed by atoms with van der Waals surface area (Å²) in [6.45, 7) is 3.51. The van der Waals surface area contributed by atoms with Gasteiger partial charge in [0.05, 0.1) is 5.41 Å². The van der Waals surface area contributed by atoms with Gasteiger partial charge in [0.25, 0.3) is 5.91 Å². The number of piperidine rings is 1. The van der Waals surface area contributed by atoms with Crippen molar-refractivity contribution in [2.24, 2.45) is 5.92 Å². The first-order valence-electron chi connectivity index (χ1n) is 11.9. The Morgan fingerprint density at radius 2 is 1.45 bits per heavy atom. The van der Waals surface area contributed by atoms with Crippen molar-refractivity contribution in [2.75, 3.05) is 26.2 Å². The third-order valence-electron chi connectivity index (χ3n) is 7.51. The standard InChI is InChI=1S/C27H32N2O2/c30-25(28-16-4-5-17-28)23-10-8-21(9-11-23)20-22-12-18-29(19-13-22)26(31)27(14-15-27)24-6-2-1-3-7-24/h1-3,6-11,22H,4-5,12-20H2. The van der Waals surface area contributed by atoms with Crippen molar-refractivity contribution in [2.45, 2.75) is 50.4 Å². The molecule has 1 saturated carbocycles. The van der Waals surface area contributed by atoms with Crippen molar-refractivity contribution < 1.29 is 9.59 Å². The van der Waals surface area contributed by atoms with Gasteiger partial charge in [-0.25, -0.2) is 0 Å². The second-order valence-corrected chi connectivity index (χ2v) is 9.58. The van der Waals surface area contributed by atoms with Gasteiger partial charge in [-0.3, -0.25) is 9.59 Å². The molecule has 162 valence electrons. The van der Waals surface area contributed by atoms with Gasteiger partial charge in [-0.05, 0) is 74.1 Å². The Bertz CT molecular complexity index is 919. The molecule has 1 aliphatic carbocycles. The molecule has 2 aromatic rings. The van der Waals surface area contributed by atoms with Gasteiger partial charge < -0.3 is 9.80 Å². The van der Waals surface area contributed by atoms with Crippen LogP contribution in [-0.4, -0.2) is 47.8 Å². The highest BCUT2D eigenvalue weighted by atomic mass is 16.2. The van der Waals surface area contributed by atoms with E-state index in [0.29, 0.717) is 11.8 Å². The van der Waals surface area contributed by atoms with Gasteiger partial charge in [0.2, 0.25) is 5.91 Å². The molecule has 2 heterocycles. The van der Waals surface area contributed by atoms with E-state index in [1.54, 1.807) is 0 Å². The zero-order valence-corrected chi connectivity index (χ0v) is 18.3. The molecule has 2 aromatic carbocycles. The average Bonchev–Trinajstić information content (AvgIpc) is 3.46. The maximum absolute atomic E-state index is 13.2. The highest BCUT2D eigenvalue weighted by molar-refractivity contribution is 5.94. The summed E-state index contributed by atoms with van der Waals surface area (Å²) in [4.78, 5) is 29.8. The summed E-state index contributed by atoms with van der Waals surface area (Å²) in [5, 5.41) is 0. The molecule has 0 atom stereocenters. The van der Waals surface area contributed by atoms with Gasteiger partial charge in [-0.15, -0.1) is 0 Å². The number of nitrogens with zero attached hydrogens (tertiary/aromatic N) is 2. The highest BCUT2D eigenvalue weighted by Gasteiger charge is 2.53. The molecule has 0 spiro atoms. The number of hydrogen-bond acceptors (Lipinski definition) is 2. The van der Waals surface area contributed by atoms with Crippen LogP contribution in [0.2, 0.25) is 0 Å². The second-order valence-electron chi connectivity index (χ2n) is 9.58. The number of likely N-dealkylation sites (tertiary alicyclic amines) is 2. The lowest BCUT2D eigenvalue weighted by Gasteiger charge is -2.34. The highest BCUT2D eigenvalue weighted by Crippen LogP contribution is 2.50. The summed E-state index contributed by atoms with van der Waals surface area (Å²) >= 11 is 0. The lowest BCUT2D eigenvalue weighted by atomic mass is 9.88. The first-order chi connectivity index (χ1) is 15.2. The predicted octanol–water partition coefficient (Wildman–Crippen LogP) is 4.44. The monoisotopic (exact) mass is 416 g/mol. The molecule has 0 radical (unpaired) electrons. The van der Waals surface area contributed by atoms with Crippen LogP contribution in [0.3, 0.4) is 0 Å². The minimum Gasteiger partial charge on any atom is -0.342 e. The fraction of sp³-hybridized carbons (Fsp3) is 0.481. The Balaban J connectivity index is 1.14. The molecule has 3 aliphatic rings. The molecule has 2 aliphatic heterocycles. The number of carbonyl (C=O) groups is 2. The molecule has 2 amide bonds. The van der Waals surface area contributed by atoms with Crippen LogP contribution in [0.1, 0.15) is 60.0 Å². The normalized spacial score (nSPS) is 20.6. The van der Waals surface area contributed by atoms with Gasteiger partial charge in [-0.2, -0.15) is 0 Å². The Labute approximate surface area is 185 Å². The fourth-order valence-corrected chi connectivity index (χ4v) is 5.37. The molecule has 4 heteroatoms. The molecule has 0 aromatic heterocycles. The Morgan fingerprint density at radius 3 is 2.06 bits per heavy atom. The van der Waals surface area contributed by atoms with Gasteiger partial charge >= 0.3 is 0 Å². The lowest BCUT2D eigenvalue weighted by Crippen LogP contribution is -2.44. The fourth-order valence-electron chi connectivity index (χ4n) is 5.37. The Morgan fingerprint density at radius 1 is 0.806 bits per heavy atom. The number of carbonyl (C=O) groups excluding carboxylic acids is 2. The Hall–Kier alpha value is -2.62. The zero-order valence-electron chi connectivity index (χ0n) is 18.3. The maximum Gasteiger partial charge on any atom is 0.253 e. The van der Waals surface area contributed by atoms with Crippen molar-refractivity contribution in [1.29, 1.82) is 0 Å². The van der Waals surface area contributed by atoms with E-state index in [1.807, 2.05) is 35.2 Å². The van der Waals surface area contributed by atoms with Crippen molar-refractivity contribution in [1.82, 2.24) is 9.80 Å². The van der Waals surface area contributed by atoms with E-state index in [4.69, 9.17) is 0 Å². The minimum absolute atomic E-state index is 0.170. The summed E-state index contributed by atoms with van der Waals surface area (Å²) in [7, 11) is 0. The van der Waals surface area contributed by atoms with Crippen molar-refractivity contribution in [3.63, 3.8) is 0 Å². The molecular formula is C27H32N2O2. The van der Waals surface area contributed by atoms with Gasteiger partial charge in [0.1, 0.15) is 0 Å². The van der Waals surface area contributed by atoms with E-state index in [0.717, 1.165) is 76.7 Å². The summed E-state index contributed by atoms with van der Waals surface area (Å²) in [6, 6.07) is 18.5. The third kappa shape index (κ3) is 4.13. The van der Waals surface area contributed by atoms with E-state index in [-0.39, 0.29) is 11.3 Å². The average molecular weight is 417 g/mol. The van der Waals surface area contributed by atoms with Crippen LogP contribution < -0.4 is 0 Å². The Kier molecular flexibility index (Phi) is 5.56. The van der Waals surface area contributed by atoms with Crippen LogP contribution in [0.4, 0.5) is 0 Å². The summed E-state index contributed by atoms with van der Waals surface area (Å²) < 4.78 is 0. The maximum atomic E-state index is 13.2. The van der Waals surface area contributed by atoms with E-state index in [9.17, 15) is 9.59 Å². The van der Waals surface area contributed by atoms with Crippen LogP contribution in [0.5, 0.6) is 0 Å². The third-order valence-corrected chi connectivity index (χ3v) is 7.51. The van der Waals surface area contributed by atoms with E-state index >= 15 is 0 Å². The first-order valence-corrected chi connectivity index (χ1v) is 11.9. The lowest BCUT2D eigenvalue weighted by molar-refractivity contribution is -0.135. The molecule has 2 saturated heterocycles. The number of hydrogen-bond donors (Lipinski definition) is 0. The summed E-state index contributed by atoms with van der Waals surface area (Å²) in [5.74, 6) is 1.11. The summed E-state index contributed by atoms with van der Waals surface area (Å²) in [5.41, 5.74) is 3.05. The van der Waals surface area contributed by atoms with Crippen LogP contribution in [-0.2, 0) is 16.6 Å². The van der Waals surface area contributed by atoms with Gasteiger partial charge in [-0.1, -0.05) is 42.5 Å². The largest absolute Gasteiger partial charge is 0.342 e. The molecule has 31 heavy (non-hydrogen) atoms. The van der Waals surface area contributed by atoms with Crippen molar-refractivity contribution in [3.05, 3.63) is 71.3 Å². The van der Waals surface area contributed by atoms with Gasteiger partial charge in [0, 0.05) is 31.7 Å². The van der Waals surface area contributed by atoms with Crippen LogP contribution in [0.15, 0.2) is 54.6 Å². The SMILES string of the molecule is O=C(c1ccc(CC2CCN(C(=O)C3(c4ccccc4)CC3)CC2)cc1)N1CCCC1. The van der Waals surface area contributed by atoms with E-state index in [2.05, 4.69) is 29.2 Å². The molecule has 0 N–H and O–H groups in total. The second kappa shape index (κ2) is 8.49. The van der Waals surface area contributed by atoms with E-state index in [1.165, 1.54) is 11.1 Å². The van der Waals surface area contributed by atoms with Crippen LogP contribution in [0.25, 0.3) is 0 Å². The number of amides is 2. The summed E-state index contributed by atoms with van der Waals surface area (Å²) in [6.07, 6.45) is 7.37. The van der Waals surface area contributed by atoms with Gasteiger partial charge in [0.15, 0.2) is 0 Å². The molecule has 0 unspecified atom stereocenters. The first kappa shape index (κ1) is 20.3. The molecule has 5 rings (SSSR count). The van der Waals surface area contributed by atoms with Crippen molar-refractivity contribution >= 4 is 11.8 Å². The zero-order chi connectivity index (χ0) is 21.3. The van der Waals surface area contributed by atoms with Crippen LogP contribution in [0, 0.1) is 5.92 Å². The number of benzene rings is 2. The molecule has 4 nitrogen and oxygen atoms in total. The minimum atomic E-state index is -0.244. The quantitative estimate of drug-likeness (QED) is 0.723. The molecule has 0 bridgehead atoms. The van der Waals surface area contributed by atoms with Crippen LogP contribution >= 0.6 is 0 Å². The molecular weight excluding hydrogens is 384 g/mol. The van der Waals surface area contributed by atoms with Crippen molar-refractivity contribution in [3.8, 4) is 0 Å². The molecule has 3 fully saturated rings. The van der Waals surface area contributed by atoms with E-state index < -0.39 is 0 Å². The number of rotatable bonds is 5.